The first-order valence-corrected chi connectivity index (χ1v) is 11.6. The maximum Gasteiger partial charge on any atom is 0.260 e. The van der Waals surface area contributed by atoms with Crippen LogP contribution in [0.3, 0.4) is 0 Å². The number of para-hydroxylation sites is 1. The third kappa shape index (κ3) is 5.53. The van der Waals surface area contributed by atoms with Crippen molar-refractivity contribution in [3.8, 4) is 5.75 Å². The molecule has 1 unspecified atom stereocenters. The first kappa shape index (κ1) is 22.8. The Labute approximate surface area is 194 Å². The number of amides is 3. The Morgan fingerprint density at radius 2 is 1.61 bits per heavy atom. The molecule has 0 aliphatic carbocycles. The van der Waals surface area contributed by atoms with E-state index in [9.17, 15) is 14.4 Å². The molecule has 2 aliphatic rings. The van der Waals surface area contributed by atoms with E-state index in [0.717, 1.165) is 23.3 Å². The summed E-state index contributed by atoms with van der Waals surface area (Å²) in [7, 11) is 0. The van der Waals surface area contributed by atoms with Gasteiger partial charge in [-0.15, -0.1) is 0 Å². The fourth-order valence-corrected chi connectivity index (χ4v) is 4.50. The van der Waals surface area contributed by atoms with E-state index < -0.39 is 0 Å². The van der Waals surface area contributed by atoms with Crippen LogP contribution in [0.2, 0.25) is 0 Å². The third-order valence-corrected chi connectivity index (χ3v) is 6.43. The Morgan fingerprint density at radius 1 is 0.939 bits per heavy atom. The summed E-state index contributed by atoms with van der Waals surface area (Å²) in [5.41, 5.74) is 2.14. The minimum Gasteiger partial charge on any atom is -0.483 e. The van der Waals surface area contributed by atoms with E-state index in [0.29, 0.717) is 39.3 Å². The second-order valence-corrected chi connectivity index (χ2v) is 8.62. The molecule has 3 amide bonds. The maximum absolute atomic E-state index is 13.0. The number of carbonyl (C=O) groups excluding carboxylic acids is 3. The lowest BCUT2D eigenvalue weighted by molar-refractivity contribution is -0.142. The molecular formula is C26H31N3O4. The van der Waals surface area contributed by atoms with Crippen molar-refractivity contribution in [3.05, 3.63) is 65.7 Å². The number of piperazine rings is 1. The van der Waals surface area contributed by atoms with Gasteiger partial charge in [-0.25, -0.2) is 0 Å². The van der Waals surface area contributed by atoms with Gasteiger partial charge in [-0.1, -0.05) is 55.5 Å². The summed E-state index contributed by atoms with van der Waals surface area (Å²) in [6.45, 7) is 4.98. The highest BCUT2D eigenvalue weighted by atomic mass is 16.5. The quantitative estimate of drug-likeness (QED) is 0.651. The van der Waals surface area contributed by atoms with Crippen LogP contribution in [0.4, 0.5) is 0 Å². The zero-order valence-electron chi connectivity index (χ0n) is 19.1. The van der Waals surface area contributed by atoms with Crippen molar-refractivity contribution in [1.82, 2.24) is 14.7 Å². The van der Waals surface area contributed by atoms with Crippen LogP contribution >= 0.6 is 0 Å². The fourth-order valence-electron chi connectivity index (χ4n) is 4.50. The predicted octanol–water partition coefficient (Wildman–Crippen LogP) is 2.35. The van der Waals surface area contributed by atoms with Crippen LogP contribution in [-0.2, 0) is 27.3 Å². The summed E-state index contributed by atoms with van der Waals surface area (Å²) in [6, 6.07) is 17.6. The molecule has 4 rings (SSSR count). The van der Waals surface area contributed by atoms with Gasteiger partial charge in [0, 0.05) is 45.7 Å². The lowest BCUT2D eigenvalue weighted by atomic mass is 10.1. The summed E-state index contributed by atoms with van der Waals surface area (Å²) < 4.78 is 5.76. The molecular weight excluding hydrogens is 418 g/mol. The van der Waals surface area contributed by atoms with Gasteiger partial charge in [0.25, 0.3) is 5.91 Å². The average Bonchev–Trinajstić information content (AvgIpc) is 3.22. The van der Waals surface area contributed by atoms with Gasteiger partial charge >= 0.3 is 0 Å². The number of hydrogen-bond donors (Lipinski definition) is 0. The summed E-state index contributed by atoms with van der Waals surface area (Å²) >= 11 is 0. The lowest BCUT2D eigenvalue weighted by Crippen LogP contribution is -2.53. The molecule has 7 heteroatoms. The Balaban J connectivity index is 1.24. The standard InChI is InChI=1S/C26H31N3O4/c1-2-21-10-6-7-11-23(21)33-19-25(31)27-12-14-28(15-13-27)26(32)22-16-24(30)29(18-22)17-20-8-4-3-5-9-20/h3-11,22H,2,12-19H2,1H3. The lowest BCUT2D eigenvalue weighted by Gasteiger charge is -2.35. The van der Waals surface area contributed by atoms with Gasteiger partial charge in [-0.2, -0.15) is 0 Å². The minimum atomic E-state index is -0.308. The molecule has 7 nitrogen and oxygen atoms in total. The number of aryl methyl sites for hydroxylation is 1. The molecule has 174 valence electrons. The van der Waals surface area contributed by atoms with Crippen molar-refractivity contribution in [2.24, 2.45) is 5.92 Å². The maximum atomic E-state index is 13.0. The number of hydrogen-bond acceptors (Lipinski definition) is 4. The van der Waals surface area contributed by atoms with Crippen LogP contribution in [0.5, 0.6) is 5.75 Å². The zero-order chi connectivity index (χ0) is 23.2. The molecule has 2 aliphatic heterocycles. The number of benzene rings is 2. The smallest absolute Gasteiger partial charge is 0.260 e. The molecule has 2 aromatic rings. The number of carbonyl (C=O) groups is 3. The Kier molecular flexibility index (Phi) is 7.27. The van der Waals surface area contributed by atoms with Gasteiger partial charge in [0.15, 0.2) is 6.61 Å². The molecule has 2 fully saturated rings. The van der Waals surface area contributed by atoms with Gasteiger partial charge in [-0.3, -0.25) is 14.4 Å². The van der Waals surface area contributed by atoms with E-state index in [-0.39, 0.29) is 36.7 Å². The van der Waals surface area contributed by atoms with E-state index in [1.807, 2.05) is 54.6 Å². The second kappa shape index (κ2) is 10.5. The molecule has 0 aromatic heterocycles. The largest absolute Gasteiger partial charge is 0.483 e. The van der Waals surface area contributed by atoms with Crippen molar-refractivity contribution in [2.45, 2.75) is 26.3 Å². The van der Waals surface area contributed by atoms with Crippen LogP contribution in [0, 0.1) is 5.92 Å². The highest BCUT2D eigenvalue weighted by Gasteiger charge is 2.37. The fraction of sp³-hybridized carbons (Fsp3) is 0.423. The molecule has 2 heterocycles. The summed E-state index contributed by atoms with van der Waals surface area (Å²) in [5.74, 6) is 0.401. The molecule has 0 N–H and O–H groups in total. The van der Waals surface area contributed by atoms with Crippen LogP contribution in [0.25, 0.3) is 0 Å². The van der Waals surface area contributed by atoms with Crippen molar-refractivity contribution >= 4 is 17.7 Å². The third-order valence-electron chi connectivity index (χ3n) is 6.43. The van der Waals surface area contributed by atoms with Crippen LogP contribution < -0.4 is 4.74 Å². The second-order valence-electron chi connectivity index (χ2n) is 8.62. The van der Waals surface area contributed by atoms with Gasteiger partial charge in [0.05, 0.1) is 5.92 Å². The van der Waals surface area contributed by atoms with Crippen LogP contribution in [-0.4, -0.2) is 71.8 Å². The number of nitrogens with zero attached hydrogens (tertiary/aromatic N) is 3. The molecule has 2 aromatic carbocycles. The summed E-state index contributed by atoms with van der Waals surface area (Å²) in [5, 5.41) is 0. The Hall–Kier alpha value is -3.35. The first-order chi connectivity index (χ1) is 16.0. The average molecular weight is 450 g/mol. The highest BCUT2D eigenvalue weighted by Crippen LogP contribution is 2.23. The molecule has 2 saturated heterocycles. The topological polar surface area (TPSA) is 70.2 Å². The van der Waals surface area contributed by atoms with Gasteiger partial charge in [-0.05, 0) is 23.6 Å². The van der Waals surface area contributed by atoms with Crippen molar-refractivity contribution < 1.29 is 19.1 Å². The molecule has 33 heavy (non-hydrogen) atoms. The van der Waals surface area contributed by atoms with E-state index in [2.05, 4.69) is 6.92 Å². The molecule has 0 radical (unpaired) electrons. The monoisotopic (exact) mass is 449 g/mol. The minimum absolute atomic E-state index is 0.00344. The van der Waals surface area contributed by atoms with Crippen LogP contribution in [0.15, 0.2) is 54.6 Å². The van der Waals surface area contributed by atoms with Gasteiger partial charge < -0.3 is 19.4 Å². The highest BCUT2D eigenvalue weighted by molar-refractivity contribution is 5.89. The first-order valence-electron chi connectivity index (χ1n) is 11.6. The number of ether oxygens (including phenoxy) is 1. The normalized spacial score (nSPS) is 18.5. The molecule has 0 saturated carbocycles. The SMILES string of the molecule is CCc1ccccc1OCC(=O)N1CCN(C(=O)C2CC(=O)N(Cc3ccccc3)C2)CC1. The molecule has 0 spiro atoms. The Bertz CT molecular complexity index is 986. The van der Waals surface area contributed by atoms with Crippen molar-refractivity contribution in [1.29, 1.82) is 0 Å². The molecule has 1 atom stereocenters. The van der Waals surface area contributed by atoms with Gasteiger partial charge in [0.2, 0.25) is 11.8 Å². The number of likely N-dealkylation sites (tertiary alicyclic amines) is 1. The predicted molar refractivity (Wildman–Crippen MR) is 124 cm³/mol. The van der Waals surface area contributed by atoms with Gasteiger partial charge in [0.1, 0.15) is 5.75 Å². The van der Waals surface area contributed by atoms with E-state index in [1.54, 1.807) is 14.7 Å². The molecule has 0 bridgehead atoms. The van der Waals surface area contributed by atoms with Crippen molar-refractivity contribution in [3.63, 3.8) is 0 Å². The van der Waals surface area contributed by atoms with Crippen LogP contribution in [0.1, 0.15) is 24.5 Å². The van der Waals surface area contributed by atoms with Crippen molar-refractivity contribution in [2.75, 3.05) is 39.3 Å². The zero-order valence-corrected chi connectivity index (χ0v) is 19.1. The number of rotatable bonds is 7. The van der Waals surface area contributed by atoms with E-state index in [1.165, 1.54) is 0 Å². The Morgan fingerprint density at radius 3 is 2.33 bits per heavy atom. The van der Waals surface area contributed by atoms with E-state index in [4.69, 9.17) is 4.74 Å². The summed E-state index contributed by atoms with van der Waals surface area (Å²) in [4.78, 5) is 43.4. The summed E-state index contributed by atoms with van der Waals surface area (Å²) in [6.07, 6.45) is 1.10. The van der Waals surface area contributed by atoms with E-state index >= 15 is 0 Å².